The van der Waals surface area contributed by atoms with Crippen molar-refractivity contribution < 1.29 is 19.1 Å². The lowest BCUT2D eigenvalue weighted by Gasteiger charge is -2.52. The maximum Gasteiger partial charge on any atom is 0.238 e. The van der Waals surface area contributed by atoms with Crippen LogP contribution in [-0.4, -0.2) is 51.1 Å². The molecule has 214 valence electrons. The van der Waals surface area contributed by atoms with Crippen LogP contribution < -0.4 is 10.6 Å². The molecule has 2 heterocycles. The van der Waals surface area contributed by atoms with Gasteiger partial charge in [0.2, 0.25) is 11.8 Å². The third-order valence-corrected chi connectivity index (χ3v) is 10.4. The molecule has 2 aromatic rings. The monoisotopic (exact) mass is 587 g/mol. The van der Waals surface area contributed by atoms with Crippen molar-refractivity contribution in [3.63, 3.8) is 0 Å². The van der Waals surface area contributed by atoms with Crippen LogP contribution in [0.25, 0.3) is 0 Å². The molecule has 40 heavy (non-hydrogen) atoms. The molecule has 2 aromatic carbocycles. The maximum atomic E-state index is 16.2. The number of likely N-dealkylation sites (tertiary alicyclic amines) is 1. The highest BCUT2D eigenvalue weighted by atomic mass is 35.5. The van der Waals surface area contributed by atoms with Crippen LogP contribution in [0.15, 0.2) is 36.4 Å². The average Bonchev–Trinajstić information content (AvgIpc) is 3.30. The number of aliphatic hydroxyl groups is 1. The summed E-state index contributed by atoms with van der Waals surface area (Å²) in [4.78, 5) is 31.3. The van der Waals surface area contributed by atoms with Crippen LogP contribution in [0.2, 0.25) is 10.0 Å². The van der Waals surface area contributed by atoms with Crippen molar-refractivity contribution >= 4 is 40.7 Å². The van der Waals surface area contributed by atoms with E-state index in [-0.39, 0.29) is 34.5 Å². The van der Waals surface area contributed by atoms with E-state index in [0.29, 0.717) is 36.4 Å². The smallest absolute Gasteiger partial charge is 0.238 e. The molecule has 6 rings (SSSR count). The van der Waals surface area contributed by atoms with Gasteiger partial charge in [-0.15, -0.1) is 0 Å². The fourth-order valence-corrected chi connectivity index (χ4v) is 9.03. The molecular formula is C31H36Cl2FN3O3. The van der Waals surface area contributed by atoms with Crippen LogP contribution in [0.3, 0.4) is 0 Å². The number of hydrogen-bond donors (Lipinski definition) is 3. The van der Waals surface area contributed by atoms with Crippen molar-refractivity contribution in [1.82, 2.24) is 10.2 Å². The van der Waals surface area contributed by atoms with Crippen LogP contribution >= 0.6 is 23.2 Å². The number of halogens is 3. The Labute approximate surface area is 244 Å². The summed E-state index contributed by atoms with van der Waals surface area (Å²) in [6.45, 7) is 5.85. The van der Waals surface area contributed by atoms with Crippen LogP contribution in [-0.2, 0) is 15.0 Å². The first kappa shape index (κ1) is 28.0. The second kappa shape index (κ2) is 9.69. The fourth-order valence-electron chi connectivity index (χ4n) is 8.67. The molecule has 0 unspecified atom stereocenters. The summed E-state index contributed by atoms with van der Waals surface area (Å²) in [5, 5.41) is 17.0. The predicted octanol–water partition coefficient (Wildman–Crippen LogP) is 5.93. The molecule has 2 amide bonds. The quantitative estimate of drug-likeness (QED) is 0.414. The summed E-state index contributed by atoms with van der Waals surface area (Å²) in [6.07, 6.45) is 5.10. The Morgan fingerprint density at radius 3 is 2.50 bits per heavy atom. The molecule has 0 radical (unpaired) electrons. The molecule has 0 aromatic heterocycles. The molecule has 3 N–H and O–H groups in total. The zero-order valence-electron chi connectivity index (χ0n) is 23.1. The van der Waals surface area contributed by atoms with E-state index in [1.54, 1.807) is 31.2 Å². The summed E-state index contributed by atoms with van der Waals surface area (Å²) < 4.78 is 16.2. The first-order chi connectivity index (χ1) is 18.9. The van der Waals surface area contributed by atoms with Gasteiger partial charge in [-0.25, -0.2) is 4.39 Å². The van der Waals surface area contributed by atoms with Crippen molar-refractivity contribution in [2.75, 3.05) is 5.32 Å². The van der Waals surface area contributed by atoms with Crippen molar-refractivity contribution in [2.45, 2.75) is 106 Å². The van der Waals surface area contributed by atoms with E-state index in [1.807, 2.05) is 19.9 Å². The van der Waals surface area contributed by atoms with E-state index < -0.39 is 34.3 Å². The third-order valence-electron chi connectivity index (χ3n) is 9.86. The lowest BCUT2D eigenvalue weighted by molar-refractivity contribution is -0.133. The van der Waals surface area contributed by atoms with Gasteiger partial charge in [0, 0.05) is 34.3 Å². The molecule has 2 aliphatic heterocycles. The van der Waals surface area contributed by atoms with Crippen LogP contribution in [0, 0.1) is 5.82 Å². The predicted molar refractivity (Wildman–Crippen MR) is 154 cm³/mol. The SMILES string of the molecule is CC(C)N1[C@@H](C(=O)N[C@H]2C[C@@](C)(O)C2)[C@H](c2cccc(Cl)c2F)[C@]2(C(=O)Nc3cc(Cl)ccc32)C12CCCCC2. The largest absolute Gasteiger partial charge is 0.390 e. The van der Waals surface area contributed by atoms with E-state index in [1.165, 1.54) is 6.07 Å². The van der Waals surface area contributed by atoms with Gasteiger partial charge < -0.3 is 15.7 Å². The fraction of sp³-hybridized carbons (Fsp3) is 0.548. The number of carbonyl (C=O) groups excluding carboxylic acids is 2. The average molecular weight is 589 g/mol. The number of rotatable bonds is 4. The molecule has 3 atom stereocenters. The number of carbonyl (C=O) groups is 2. The number of amides is 2. The minimum atomic E-state index is -1.25. The number of benzene rings is 2. The molecule has 4 aliphatic rings. The van der Waals surface area contributed by atoms with Crippen LogP contribution in [0.4, 0.5) is 10.1 Å². The Morgan fingerprint density at radius 1 is 1.15 bits per heavy atom. The Kier molecular flexibility index (Phi) is 6.77. The van der Waals surface area contributed by atoms with Gasteiger partial charge >= 0.3 is 0 Å². The number of fused-ring (bicyclic) bond motifs is 3. The number of nitrogens with one attached hydrogen (secondary N) is 2. The minimum Gasteiger partial charge on any atom is -0.390 e. The first-order valence-electron chi connectivity index (χ1n) is 14.3. The number of nitrogens with zero attached hydrogens (tertiary/aromatic N) is 1. The van der Waals surface area contributed by atoms with Gasteiger partial charge in [-0.2, -0.15) is 0 Å². The second-order valence-corrected chi connectivity index (χ2v) is 13.6. The van der Waals surface area contributed by atoms with E-state index in [2.05, 4.69) is 15.5 Å². The zero-order chi connectivity index (χ0) is 28.6. The van der Waals surface area contributed by atoms with Gasteiger partial charge in [0.1, 0.15) is 11.2 Å². The lowest BCUT2D eigenvalue weighted by atomic mass is 9.55. The summed E-state index contributed by atoms with van der Waals surface area (Å²) in [7, 11) is 0. The molecule has 6 nitrogen and oxygen atoms in total. The van der Waals surface area contributed by atoms with Gasteiger partial charge in [-0.05, 0) is 75.8 Å². The van der Waals surface area contributed by atoms with Crippen molar-refractivity contribution in [2.24, 2.45) is 0 Å². The number of hydrogen-bond acceptors (Lipinski definition) is 4. The van der Waals surface area contributed by atoms with E-state index in [9.17, 15) is 14.7 Å². The molecule has 2 aliphatic carbocycles. The Morgan fingerprint density at radius 2 is 1.85 bits per heavy atom. The Hall–Kier alpha value is -2.19. The van der Waals surface area contributed by atoms with Gasteiger partial charge in [-0.1, -0.05) is 60.7 Å². The molecule has 1 saturated heterocycles. The standard InChI is InChI=1S/C31H36Cl2FN3O3/c1-17(2)37-26(27(38)35-19-15-29(3,40)16-19)24(20-8-7-9-22(33)25(20)34)31(30(37)12-5-4-6-13-30)21-11-10-18(32)14-23(21)36-28(31)39/h7-11,14,17,19,24,26,40H,4-6,12-13,15-16H2,1-3H3,(H,35,38)(H,36,39)/t19-,24-,26+,29+,31+/m0/s1. The molecule has 2 spiro atoms. The summed E-state index contributed by atoms with van der Waals surface area (Å²) in [5.41, 5.74) is -1.19. The summed E-state index contributed by atoms with van der Waals surface area (Å²) in [6, 6.07) is 9.09. The minimum absolute atomic E-state index is 0.0442. The van der Waals surface area contributed by atoms with Crippen molar-refractivity contribution in [3.05, 3.63) is 63.4 Å². The van der Waals surface area contributed by atoms with Crippen LogP contribution in [0.1, 0.15) is 82.8 Å². The highest BCUT2D eigenvalue weighted by Gasteiger charge is 2.75. The third kappa shape index (κ3) is 3.88. The molecule has 9 heteroatoms. The zero-order valence-corrected chi connectivity index (χ0v) is 24.6. The maximum absolute atomic E-state index is 16.2. The topological polar surface area (TPSA) is 81.7 Å². The highest BCUT2D eigenvalue weighted by Crippen LogP contribution is 2.67. The van der Waals surface area contributed by atoms with Crippen LogP contribution in [0.5, 0.6) is 0 Å². The number of anilines is 1. The van der Waals surface area contributed by atoms with Gasteiger partial charge in [0.05, 0.1) is 16.7 Å². The highest BCUT2D eigenvalue weighted by molar-refractivity contribution is 6.31. The lowest BCUT2D eigenvalue weighted by Crippen LogP contribution is -2.63. The normalized spacial score (nSPS) is 32.8. The summed E-state index contributed by atoms with van der Waals surface area (Å²) in [5.74, 6) is -1.95. The van der Waals surface area contributed by atoms with Crippen molar-refractivity contribution in [3.8, 4) is 0 Å². The molecule has 2 saturated carbocycles. The van der Waals surface area contributed by atoms with Gasteiger partial charge in [0.15, 0.2) is 0 Å². The van der Waals surface area contributed by atoms with Crippen molar-refractivity contribution in [1.29, 1.82) is 0 Å². The summed E-state index contributed by atoms with van der Waals surface area (Å²) >= 11 is 12.7. The van der Waals surface area contributed by atoms with Gasteiger partial charge in [-0.3, -0.25) is 14.5 Å². The van der Waals surface area contributed by atoms with E-state index in [4.69, 9.17) is 23.2 Å². The molecule has 0 bridgehead atoms. The Balaban J connectivity index is 1.64. The van der Waals surface area contributed by atoms with E-state index in [0.717, 1.165) is 24.8 Å². The molecular weight excluding hydrogens is 552 g/mol. The second-order valence-electron chi connectivity index (χ2n) is 12.7. The molecule has 3 fully saturated rings. The first-order valence-corrected chi connectivity index (χ1v) is 15.1. The Bertz CT molecular complexity index is 1370. The van der Waals surface area contributed by atoms with Gasteiger partial charge in [0.25, 0.3) is 0 Å². The van der Waals surface area contributed by atoms with E-state index >= 15 is 4.39 Å².